The number of carboxylic acid groups (broad SMARTS) is 1. The van der Waals surface area contributed by atoms with E-state index in [1.54, 1.807) is 19.9 Å². The van der Waals surface area contributed by atoms with Crippen LogP contribution in [0.1, 0.15) is 17.5 Å². The molecule has 0 bridgehead atoms. The summed E-state index contributed by atoms with van der Waals surface area (Å²) in [5.74, 6) is -0.914. The summed E-state index contributed by atoms with van der Waals surface area (Å²) in [6, 6.07) is 0. The Balaban J connectivity index is 2.95. The van der Waals surface area contributed by atoms with Crippen LogP contribution in [0.3, 0.4) is 0 Å². The third-order valence-electron chi connectivity index (χ3n) is 1.37. The van der Waals surface area contributed by atoms with E-state index in [9.17, 15) is 4.79 Å². The molecule has 0 spiro atoms. The third kappa shape index (κ3) is 1.88. The van der Waals surface area contributed by atoms with Crippen LogP contribution < -0.4 is 0 Å². The molecule has 0 aromatic carbocycles. The molecule has 0 aliphatic rings. The van der Waals surface area contributed by atoms with Gasteiger partial charge in [0.2, 0.25) is 0 Å². The van der Waals surface area contributed by atoms with Crippen LogP contribution in [0.25, 0.3) is 6.08 Å². The quantitative estimate of drug-likeness (QED) is 0.704. The Hall–Kier alpha value is -1.23. The van der Waals surface area contributed by atoms with E-state index >= 15 is 0 Å². The van der Waals surface area contributed by atoms with E-state index in [1.165, 1.54) is 11.5 Å². The van der Waals surface area contributed by atoms with Crippen molar-refractivity contribution < 1.29 is 9.90 Å². The second-order valence-corrected chi connectivity index (χ2v) is 3.14. The average Bonchev–Trinajstić information content (AvgIpc) is 2.36. The standard InChI is InChI=1S/C7H8N2O2S/c1-4(7(10)11)3-6-5(2)8-9-12-6/h3H,1-2H3,(H,10,11)/b4-3+. The van der Waals surface area contributed by atoms with E-state index in [0.717, 1.165) is 10.6 Å². The highest BCUT2D eigenvalue weighted by molar-refractivity contribution is 7.06. The van der Waals surface area contributed by atoms with Crippen LogP contribution in [0, 0.1) is 6.92 Å². The fraction of sp³-hybridized carbons (Fsp3) is 0.286. The molecule has 0 unspecified atom stereocenters. The third-order valence-corrected chi connectivity index (χ3v) is 2.14. The summed E-state index contributed by atoms with van der Waals surface area (Å²) in [4.78, 5) is 11.2. The summed E-state index contributed by atoms with van der Waals surface area (Å²) >= 11 is 1.19. The zero-order valence-corrected chi connectivity index (χ0v) is 7.55. The topological polar surface area (TPSA) is 63.1 Å². The molecule has 0 aliphatic heterocycles. The van der Waals surface area contributed by atoms with E-state index in [0.29, 0.717) is 5.57 Å². The summed E-state index contributed by atoms with van der Waals surface area (Å²) in [5, 5.41) is 12.3. The molecular formula is C7H8N2O2S. The van der Waals surface area contributed by atoms with Crippen molar-refractivity contribution in [3.8, 4) is 0 Å². The fourth-order valence-corrected chi connectivity index (χ4v) is 1.28. The highest BCUT2D eigenvalue weighted by atomic mass is 32.1. The summed E-state index contributed by atoms with van der Waals surface area (Å²) in [5.41, 5.74) is 1.06. The number of aromatic nitrogens is 2. The van der Waals surface area contributed by atoms with Crippen molar-refractivity contribution in [1.29, 1.82) is 0 Å². The molecule has 0 fully saturated rings. The van der Waals surface area contributed by atoms with E-state index < -0.39 is 5.97 Å². The van der Waals surface area contributed by atoms with Gasteiger partial charge in [0.05, 0.1) is 10.6 Å². The maximum Gasteiger partial charge on any atom is 0.331 e. The lowest BCUT2D eigenvalue weighted by atomic mass is 10.2. The lowest BCUT2D eigenvalue weighted by Crippen LogP contribution is -1.95. The van der Waals surface area contributed by atoms with Gasteiger partial charge in [-0.3, -0.25) is 0 Å². The number of hydrogen-bond acceptors (Lipinski definition) is 4. The number of aryl methyl sites for hydroxylation is 1. The minimum Gasteiger partial charge on any atom is -0.478 e. The summed E-state index contributed by atoms with van der Waals surface area (Å²) in [7, 11) is 0. The van der Waals surface area contributed by atoms with Gasteiger partial charge in [-0.2, -0.15) is 0 Å². The van der Waals surface area contributed by atoms with Gasteiger partial charge in [-0.1, -0.05) is 4.49 Å². The van der Waals surface area contributed by atoms with Crippen LogP contribution >= 0.6 is 11.5 Å². The van der Waals surface area contributed by atoms with Crippen molar-refractivity contribution in [3.05, 3.63) is 16.1 Å². The molecule has 0 aliphatic carbocycles. The normalized spacial score (nSPS) is 11.7. The van der Waals surface area contributed by atoms with Gasteiger partial charge in [0, 0.05) is 5.57 Å². The van der Waals surface area contributed by atoms with Crippen LogP contribution in [0.4, 0.5) is 0 Å². The molecule has 12 heavy (non-hydrogen) atoms. The smallest absolute Gasteiger partial charge is 0.331 e. The van der Waals surface area contributed by atoms with Crippen molar-refractivity contribution in [2.24, 2.45) is 0 Å². The van der Waals surface area contributed by atoms with E-state index in [4.69, 9.17) is 5.11 Å². The molecule has 5 heteroatoms. The zero-order chi connectivity index (χ0) is 9.14. The number of hydrogen-bond donors (Lipinski definition) is 1. The monoisotopic (exact) mass is 184 g/mol. The molecule has 4 nitrogen and oxygen atoms in total. The Morgan fingerprint density at radius 1 is 1.67 bits per heavy atom. The summed E-state index contributed by atoms with van der Waals surface area (Å²) in [6.07, 6.45) is 1.57. The molecule has 1 rings (SSSR count). The van der Waals surface area contributed by atoms with Gasteiger partial charge >= 0.3 is 5.97 Å². The number of aliphatic carboxylic acids is 1. The number of rotatable bonds is 2. The molecule has 0 saturated carbocycles. The Morgan fingerprint density at radius 2 is 2.33 bits per heavy atom. The zero-order valence-electron chi connectivity index (χ0n) is 6.74. The van der Waals surface area contributed by atoms with Gasteiger partial charge in [0.1, 0.15) is 0 Å². The van der Waals surface area contributed by atoms with Gasteiger partial charge in [0.15, 0.2) is 0 Å². The predicted molar refractivity (Wildman–Crippen MR) is 45.9 cm³/mol. The van der Waals surface area contributed by atoms with Crippen molar-refractivity contribution in [1.82, 2.24) is 9.59 Å². The predicted octanol–water partition coefficient (Wildman–Crippen LogP) is 1.33. The molecule has 1 heterocycles. The Morgan fingerprint density at radius 3 is 2.75 bits per heavy atom. The average molecular weight is 184 g/mol. The van der Waals surface area contributed by atoms with Crippen molar-refractivity contribution in [2.45, 2.75) is 13.8 Å². The maximum atomic E-state index is 10.4. The highest BCUT2D eigenvalue weighted by Gasteiger charge is 2.03. The van der Waals surface area contributed by atoms with E-state index in [2.05, 4.69) is 9.59 Å². The molecule has 0 amide bonds. The van der Waals surface area contributed by atoms with Gasteiger partial charge in [-0.25, -0.2) is 4.79 Å². The lowest BCUT2D eigenvalue weighted by Gasteiger charge is -1.90. The Kier molecular flexibility index (Phi) is 2.54. The van der Waals surface area contributed by atoms with Crippen molar-refractivity contribution in [2.75, 3.05) is 0 Å². The molecule has 64 valence electrons. The SMILES string of the molecule is C/C(=C\c1snnc1C)C(=O)O. The fourth-order valence-electron chi connectivity index (χ4n) is 0.630. The van der Waals surface area contributed by atoms with Crippen LogP contribution in [0.2, 0.25) is 0 Å². The number of carbonyl (C=O) groups is 1. The van der Waals surface area contributed by atoms with E-state index in [1.807, 2.05) is 0 Å². The van der Waals surface area contributed by atoms with E-state index in [-0.39, 0.29) is 0 Å². The number of nitrogens with zero attached hydrogens (tertiary/aromatic N) is 2. The summed E-state index contributed by atoms with van der Waals surface area (Å²) < 4.78 is 3.69. The minimum absolute atomic E-state index is 0.296. The minimum atomic E-state index is -0.914. The molecule has 0 saturated heterocycles. The first-order valence-electron chi connectivity index (χ1n) is 3.32. The largest absolute Gasteiger partial charge is 0.478 e. The van der Waals surface area contributed by atoms with Gasteiger partial charge in [0.25, 0.3) is 0 Å². The Labute approximate surface area is 73.7 Å². The van der Waals surface area contributed by atoms with Crippen LogP contribution in [-0.2, 0) is 4.79 Å². The molecule has 1 aromatic rings. The maximum absolute atomic E-state index is 10.4. The van der Waals surface area contributed by atoms with Gasteiger partial charge < -0.3 is 5.11 Å². The highest BCUT2D eigenvalue weighted by Crippen LogP contribution is 2.13. The second kappa shape index (κ2) is 3.44. The molecular weight excluding hydrogens is 176 g/mol. The molecule has 0 radical (unpaired) electrons. The van der Waals surface area contributed by atoms with Crippen molar-refractivity contribution >= 4 is 23.6 Å². The molecule has 0 atom stereocenters. The van der Waals surface area contributed by atoms with Crippen LogP contribution in [0.5, 0.6) is 0 Å². The summed E-state index contributed by atoms with van der Waals surface area (Å²) in [6.45, 7) is 3.34. The first-order valence-corrected chi connectivity index (χ1v) is 4.09. The molecule has 1 N–H and O–H groups in total. The first kappa shape index (κ1) is 8.86. The van der Waals surface area contributed by atoms with Gasteiger partial charge in [-0.05, 0) is 31.5 Å². The van der Waals surface area contributed by atoms with Gasteiger partial charge in [-0.15, -0.1) is 5.10 Å². The number of carboxylic acids is 1. The lowest BCUT2D eigenvalue weighted by molar-refractivity contribution is -0.132. The Bertz CT molecular complexity index is 330. The van der Waals surface area contributed by atoms with Crippen LogP contribution in [0.15, 0.2) is 5.57 Å². The molecule has 1 aromatic heterocycles. The second-order valence-electron chi connectivity index (χ2n) is 2.36. The first-order chi connectivity index (χ1) is 5.61. The van der Waals surface area contributed by atoms with Crippen LogP contribution in [-0.4, -0.2) is 20.7 Å². The van der Waals surface area contributed by atoms with Crippen molar-refractivity contribution in [3.63, 3.8) is 0 Å².